The normalized spacial score (nSPS) is 13.5. The maximum atomic E-state index is 12.6. The van der Waals surface area contributed by atoms with Crippen molar-refractivity contribution in [1.29, 1.82) is 0 Å². The maximum Gasteiger partial charge on any atom is 0.190 e. The summed E-state index contributed by atoms with van der Waals surface area (Å²) in [4.78, 5) is 30.4. The number of methoxy groups -OCH3 is 2. The van der Waals surface area contributed by atoms with Crippen molar-refractivity contribution in [3.05, 3.63) is 34.9 Å². The number of allylic oxidation sites excluding steroid dienone is 2. The van der Waals surface area contributed by atoms with Gasteiger partial charge in [-0.2, -0.15) is 0 Å². The van der Waals surface area contributed by atoms with Crippen LogP contribution in [0.15, 0.2) is 23.4 Å². The van der Waals surface area contributed by atoms with Crippen LogP contribution in [0.1, 0.15) is 78.7 Å². The van der Waals surface area contributed by atoms with E-state index in [9.17, 15) is 9.59 Å². The fraction of sp³-hybridized carbons (Fsp3) is 0.500. The molecule has 1 aliphatic rings. The highest BCUT2D eigenvalue weighted by atomic mass is 16.6. The minimum Gasteiger partial charge on any atom is -0.496 e. The summed E-state index contributed by atoms with van der Waals surface area (Å²) in [7, 11) is 2.97. The fourth-order valence-electron chi connectivity index (χ4n) is 3.19. The number of benzene rings is 1. The predicted octanol–water partition coefficient (Wildman–Crippen LogP) is 4.74. The van der Waals surface area contributed by atoms with Crippen LogP contribution in [0.4, 0.5) is 0 Å². The van der Waals surface area contributed by atoms with Crippen molar-refractivity contribution < 1.29 is 23.9 Å². The Hall–Kier alpha value is -2.63. The van der Waals surface area contributed by atoms with Gasteiger partial charge in [0, 0.05) is 5.56 Å². The maximum absolute atomic E-state index is 12.6. The molecule has 0 N–H and O–H groups in total. The summed E-state index contributed by atoms with van der Waals surface area (Å²) in [6.07, 6.45) is 8.35. The van der Waals surface area contributed by atoms with Crippen LogP contribution < -0.4 is 9.47 Å². The van der Waals surface area contributed by atoms with E-state index in [-0.39, 0.29) is 22.7 Å². The zero-order valence-corrected chi connectivity index (χ0v) is 17.2. The summed E-state index contributed by atoms with van der Waals surface area (Å²) >= 11 is 0. The average molecular weight is 387 g/mol. The molecule has 1 aromatic rings. The van der Waals surface area contributed by atoms with Gasteiger partial charge in [0.05, 0.1) is 31.1 Å². The van der Waals surface area contributed by atoms with E-state index in [1.54, 1.807) is 6.07 Å². The van der Waals surface area contributed by atoms with Gasteiger partial charge >= 0.3 is 0 Å². The molecule has 0 spiro atoms. The number of ether oxygens (including phenoxy) is 2. The second-order valence-corrected chi connectivity index (χ2v) is 6.65. The van der Waals surface area contributed by atoms with Gasteiger partial charge in [0.2, 0.25) is 0 Å². The molecule has 1 aliphatic carbocycles. The van der Waals surface area contributed by atoms with Gasteiger partial charge in [0.25, 0.3) is 0 Å². The van der Waals surface area contributed by atoms with Gasteiger partial charge in [-0.15, -0.1) is 0 Å². The molecular formula is C22H29NO5. The third-order valence-electron chi connectivity index (χ3n) is 4.59. The first-order valence-electron chi connectivity index (χ1n) is 9.83. The summed E-state index contributed by atoms with van der Waals surface area (Å²) in [5.74, 6) is 0.115. The first-order chi connectivity index (χ1) is 13.6. The Balaban J connectivity index is 2.56. The number of unbranched alkanes of at least 4 members (excludes halogenated alkanes) is 3. The van der Waals surface area contributed by atoms with Crippen LogP contribution in [-0.4, -0.2) is 38.1 Å². The van der Waals surface area contributed by atoms with Gasteiger partial charge in [-0.25, -0.2) is 0 Å². The molecule has 0 aromatic heterocycles. The van der Waals surface area contributed by atoms with Crippen molar-refractivity contribution in [1.82, 2.24) is 0 Å². The third kappa shape index (κ3) is 4.80. The van der Waals surface area contributed by atoms with E-state index in [0.717, 1.165) is 32.1 Å². The minimum absolute atomic E-state index is 0.223. The number of nitrogens with zero attached hydrogens (tertiary/aromatic N) is 1. The van der Waals surface area contributed by atoms with Crippen LogP contribution in [-0.2, 0) is 4.84 Å². The van der Waals surface area contributed by atoms with Crippen molar-refractivity contribution in [2.24, 2.45) is 5.16 Å². The van der Waals surface area contributed by atoms with Gasteiger partial charge in [-0.1, -0.05) is 38.3 Å². The molecule has 2 rings (SSSR count). The molecule has 0 unspecified atom stereocenters. The summed E-state index contributed by atoms with van der Waals surface area (Å²) in [5.41, 5.74) is 1.77. The largest absolute Gasteiger partial charge is 0.496 e. The van der Waals surface area contributed by atoms with Crippen molar-refractivity contribution in [2.75, 3.05) is 20.8 Å². The second-order valence-electron chi connectivity index (χ2n) is 6.65. The molecule has 0 radical (unpaired) electrons. The number of carbonyl (C=O) groups excluding carboxylic acids is 2. The standard InChI is InChI=1S/C22H29NO5/c1-5-7-8-9-10-16(23-28-13-6-2)15-14-19(26-3)20-17(24)11-12-18(25)21(20)22(15)27-4/h11-12,14H,5-10,13H2,1-4H3/b23-16+. The lowest BCUT2D eigenvalue weighted by molar-refractivity contribution is 0.0989. The monoisotopic (exact) mass is 387 g/mol. The lowest BCUT2D eigenvalue weighted by atomic mass is 9.88. The SMILES string of the molecule is CCCCCC/C(=N\OCCC)c1cc(OC)c2c(c1OC)C(=O)C=CC2=O. The van der Waals surface area contributed by atoms with E-state index in [1.807, 2.05) is 6.92 Å². The number of oxime groups is 1. The van der Waals surface area contributed by atoms with Gasteiger partial charge in [-0.05, 0) is 37.5 Å². The summed E-state index contributed by atoms with van der Waals surface area (Å²) in [5, 5.41) is 4.33. The van der Waals surface area contributed by atoms with Gasteiger partial charge in [0.1, 0.15) is 18.1 Å². The minimum atomic E-state index is -0.286. The number of rotatable bonds is 11. The van der Waals surface area contributed by atoms with Crippen molar-refractivity contribution in [2.45, 2.75) is 52.4 Å². The van der Waals surface area contributed by atoms with E-state index in [2.05, 4.69) is 12.1 Å². The number of fused-ring (bicyclic) bond motifs is 1. The Labute approximate surface area is 166 Å². The number of hydrogen-bond acceptors (Lipinski definition) is 6. The topological polar surface area (TPSA) is 74.2 Å². The molecule has 0 atom stereocenters. The van der Waals surface area contributed by atoms with E-state index in [1.165, 1.54) is 26.4 Å². The van der Waals surface area contributed by atoms with Crippen LogP contribution in [0.5, 0.6) is 11.5 Å². The molecule has 0 bridgehead atoms. The third-order valence-corrected chi connectivity index (χ3v) is 4.59. The average Bonchev–Trinajstić information content (AvgIpc) is 2.71. The highest BCUT2D eigenvalue weighted by Crippen LogP contribution is 2.38. The first-order valence-corrected chi connectivity index (χ1v) is 9.83. The Bertz CT molecular complexity index is 780. The van der Waals surface area contributed by atoms with E-state index >= 15 is 0 Å². The Morgan fingerprint density at radius 2 is 1.64 bits per heavy atom. The van der Waals surface area contributed by atoms with Crippen molar-refractivity contribution in [3.8, 4) is 11.5 Å². The molecule has 0 saturated heterocycles. The number of ketones is 2. The van der Waals surface area contributed by atoms with Crippen LogP contribution in [0, 0.1) is 0 Å². The molecule has 0 saturated carbocycles. The van der Waals surface area contributed by atoms with E-state index in [4.69, 9.17) is 14.3 Å². The van der Waals surface area contributed by atoms with Crippen molar-refractivity contribution in [3.63, 3.8) is 0 Å². The molecule has 152 valence electrons. The van der Waals surface area contributed by atoms with Crippen molar-refractivity contribution >= 4 is 17.3 Å². The van der Waals surface area contributed by atoms with E-state index in [0.29, 0.717) is 35.8 Å². The molecule has 6 heteroatoms. The zero-order chi connectivity index (χ0) is 20.5. The van der Waals surface area contributed by atoms with Gasteiger partial charge < -0.3 is 14.3 Å². The fourth-order valence-corrected chi connectivity index (χ4v) is 3.19. The van der Waals surface area contributed by atoms with Crippen LogP contribution in [0.25, 0.3) is 0 Å². The molecule has 28 heavy (non-hydrogen) atoms. The van der Waals surface area contributed by atoms with Crippen LogP contribution >= 0.6 is 0 Å². The zero-order valence-electron chi connectivity index (χ0n) is 17.2. The Morgan fingerprint density at radius 3 is 2.25 bits per heavy atom. The molecule has 1 aromatic carbocycles. The molecule has 6 nitrogen and oxygen atoms in total. The molecule has 0 heterocycles. The molecule has 0 amide bonds. The van der Waals surface area contributed by atoms with Gasteiger partial charge in [0.15, 0.2) is 11.6 Å². The van der Waals surface area contributed by atoms with Gasteiger partial charge in [-0.3, -0.25) is 9.59 Å². The number of carbonyl (C=O) groups is 2. The highest BCUT2D eigenvalue weighted by Gasteiger charge is 2.31. The Kier molecular flexibility index (Phi) is 8.23. The highest BCUT2D eigenvalue weighted by molar-refractivity contribution is 6.25. The lowest BCUT2D eigenvalue weighted by Gasteiger charge is -2.20. The smallest absolute Gasteiger partial charge is 0.190 e. The van der Waals surface area contributed by atoms with Crippen LogP contribution in [0.2, 0.25) is 0 Å². The molecular weight excluding hydrogens is 358 g/mol. The molecule has 0 fully saturated rings. The van der Waals surface area contributed by atoms with E-state index < -0.39 is 0 Å². The lowest BCUT2D eigenvalue weighted by Crippen LogP contribution is -2.18. The predicted molar refractivity (Wildman–Crippen MR) is 109 cm³/mol. The number of hydrogen-bond donors (Lipinski definition) is 0. The Morgan fingerprint density at radius 1 is 0.929 bits per heavy atom. The first kappa shape index (κ1) is 21.7. The summed E-state index contributed by atoms with van der Waals surface area (Å²) in [6.45, 7) is 4.67. The summed E-state index contributed by atoms with van der Waals surface area (Å²) in [6, 6.07) is 1.72. The molecule has 0 aliphatic heterocycles. The summed E-state index contributed by atoms with van der Waals surface area (Å²) < 4.78 is 11.0. The van der Waals surface area contributed by atoms with Crippen LogP contribution in [0.3, 0.4) is 0 Å². The second kappa shape index (κ2) is 10.6. The quantitative estimate of drug-likeness (QED) is 0.311.